The van der Waals surface area contributed by atoms with Gasteiger partial charge in [-0.1, -0.05) is 26.0 Å². The summed E-state index contributed by atoms with van der Waals surface area (Å²) in [6.07, 6.45) is 3.82. The highest BCUT2D eigenvalue weighted by atomic mass is 32.2. The number of hydrogen-bond donors (Lipinski definition) is 1. The molecule has 0 radical (unpaired) electrons. The molecule has 1 aromatic heterocycles. The van der Waals surface area contributed by atoms with Gasteiger partial charge < -0.3 is 4.90 Å². The number of nitrogens with one attached hydrogen (secondary N) is 1. The van der Waals surface area contributed by atoms with Crippen LogP contribution < -0.4 is 4.72 Å². The third-order valence-electron chi connectivity index (χ3n) is 3.71. The molecule has 0 bridgehead atoms. The minimum atomic E-state index is -3.89. The van der Waals surface area contributed by atoms with Crippen LogP contribution in [0.2, 0.25) is 0 Å². The minimum absolute atomic E-state index is 0.0414. The van der Waals surface area contributed by atoms with E-state index in [0.29, 0.717) is 18.2 Å². The van der Waals surface area contributed by atoms with Gasteiger partial charge in [-0.25, -0.2) is 8.42 Å². The number of pyridine rings is 1. The largest absolute Gasteiger partial charge is 0.342 e. The van der Waals surface area contributed by atoms with E-state index < -0.39 is 10.0 Å². The van der Waals surface area contributed by atoms with E-state index in [1.165, 1.54) is 18.3 Å². The van der Waals surface area contributed by atoms with Crippen LogP contribution in [0.4, 0.5) is 5.69 Å². The Morgan fingerprint density at radius 1 is 1.20 bits per heavy atom. The quantitative estimate of drug-likeness (QED) is 0.822. The molecule has 7 heteroatoms. The number of hydrogen-bond acceptors (Lipinski definition) is 4. The van der Waals surface area contributed by atoms with Gasteiger partial charge in [0.25, 0.3) is 15.9 Å². The molecule has 0 spiro atoms. The topological polar surface area (TPSA) is 79.4 Å². The molecule has 0 aliphatic carbocycles. The maximum absolute atomic E-state index is 12.7. The normalized spacial score (nSPS) is 11.4. The zero-order valence-electron chi connectivity index (χ0n) is 14.6. The van der Waals surface area contributed by atoms with Crippen molar-refractivity contribution in [2.45, 2.75) is 25.2 Å². The van der Waals surface area contributed by atoms with E-state index in [0.717, 1.165) is 6.42 Å². The summed E-state index contributed by atoms with van der Waals surface area (Å²) in [5.74, 6) is 0.147. The summed E-state index contributed by atoms with van der Waals surface area (Å²) in [4.78, 5) is 18.1. The first-order chi connectivity index (χ1) is 11.8. The predicted molar refractivity (Wildman–Crippen MR) is 97.9 cm³/mol. The molecule has 1 amide bonds. The molecule has 25 heavy (non-hydrogen) atoms. The summed E-state index contributed by atoms with van der Waals surface area (Å²) in [5, 5.41) is 0. The molecule has 6 nitrogen and oxygen atoms in total. The Morgan fingerprint density at radius 3 is 2.56 bits per heavy atom. The zero-order chi connectivity index (χ0) is 18.4. The van der Waals surface area contributed by atoms with Gasteiger partial charge in [0.15, 0.2) is 0 Å². The van der Waals surface area contributed by atoms with Crippen LogP contribution in [0.25, 0.3) is 0 Å². The van der Waals surface area contributed by atoms with E-state index in [9.17, 15) is 13.2 Å². The lowest BCUT2D eigenvalue weighted by atomic mass is 10.1. The molecule has 0 aliphatic rings. The van der Waals surface area contributed by atoms with Crippen LogP contribution in [-0.4, -0.2) is 37.8 Å². The van der Waals surface area contributed by atoms with Gasteiger partial charge in [-0.05, 0) is 36.6 Å². The highest BCUT2D eigenvalue weighted by molar-refractivity contribution is 7.92. The molecule has 0 fully saturated rings. The van der Waals surface area contributed by atoms with Gasteiger partial charge in [0.2, 0.25) is 0 Å². The molecule has 0 saturated carbocycles. The number of amides is 1. The summed E-state index contributed by atoms with van der Waals surface area (Å²) >= 11 is 0. The van der Waals surface area contributed by atoms with Crippen LogP contribution in [0, 0.1) is 5.92 Å². The maximum atomic E-state index is 12.7. The van der Waals surface area contributed by atoms with Crippen molar-refractivity contribution in [1.29, 1.82) is 0 Å². The van der Waals surface area contributed by atoms with E-state index in [2.05, 4.69) is 23.6 Å². The number of rotatable bonds is 7. The van der Waals surface area contributed by atoms with Crippen molar-refractivity contribution in [1.82, 2.24) is 9.88 Å². The lowest BCUT2D eigenvalue weighted by Crippen LogP contribution is -2.30. The number of nitrogens with zero attached hydrogens (tertiary/aromatic N) is 2. The Kier molecular flexibility index (Phi) is 6.14. The lowest BCUT2D eigenvalue weighted by molar-refractivity contribution is 0.0785. The molecule has 1 N–H and O–H groups in total. The number of benzene rings is 1. The number of carbonyl (C=O) groups is 1. The van der Waals surface area contributed by atoms with E-state index in [1.54, 1.807) is 42.4 Å². The van der Waals surface area contributed by atoms with Gasteiger partial charge >= 0.3 is 0 Å². The standard InChI is InChI=1S/C18H23N3O3S/c1-14(2)10-12-21(3)18(22)16-8-4-5-9-17(16)25(23,24)20-15-7-6-11-19-13-15/h4-9,11,13-14,20H,10,12H2,1-3H3. The average molecular weight is 361 g/mol. The summed E-state index contributed by atoms with van der Waals surface area (Å²) in [6.45, 7) is 4.73. The Labute approximate surface area is 148 Å². The zero-order valence-corrected chi connectivity index (χ0v) is 15.5. The number of anilines is 1. The summed E-state index contributed by atoms with van der Waals surface area (Å²) < 4.78 is 27.9. The highest BCUT2D eigenvalue weighted by Gasteiger charge is 2.24. The van der Waals surface area contributed by atoms with Gasteiger partial charge in [-0.2, -0.15) is 0 Å². The fraction of sp³-hybridized carbons (Fsp3) is 0.333. The molecule has 0 saturated heterocycles. The molecule has 0 atom stereocenters. The maximum Gasteiger partial charge on any atom is 0.262 e. The van der Waals surface area contributed by atoms with Crippen LogP contribution in [0.3, 0.4) is 0 Å². The second-order valence-corrected chi connectivity index (χ2v) is 7.90. The van der Waals surface area contributed by atoms with Crippen molar-refractivity contribution >= 4 is 21.6 Å². The molecule has 134 valence electrons. The fourth-order valence-electron chi connectivity index (χ4n) is 2.27. The number of carbonyl (C=O) groups excluding carboxylic acids is 1. The van der Waals surface area contributed by atoms with Crippen LogP contribution in [0.15, 0.2) is 53.7 Å². The Bertz CT molecular complexity index is 820. The van der Waals surface area contributed by atoms with Gasteiger partial charge in [0.05, 0.1) is 17.4 Å². The summed E-state index contributed by atoms with van der Waals surface area (Å²) in [5.41, 5.74) is 0.503. The van der Waals surface area contributed by atoms with E-state index >= 15 is 0 Å². The third kappa shape index (κ3) is 5.03. The van der Waals surface area contributed by atoms with E-state index in [4.69, 9.17) is 0 Å². The number of sulfonamides is 1. The first-order valence-electron chi connectivity index (χ1n) is 8.08. The molecule has 0 aliphatic heterocycles. The van der Waals surface area contributed by atoms with Crippen molar-refractivity contribution in [2.75, 3.05) is 18.3 Å². The van der Waals surface area contributed by atoms with E-state index in [1.807, 2.05) is 0 Å². The Morgan fingerprint density at radius 2 is 1.92 bits per heavy atom. The first-order valence-corrected chi connectivity index (χ1v) is 9.57. The Balaban J connectivity index is 2.29. The molecule has 1 aromatic carbocycles. The highest BCUT2D eigenvalue weighted by Crippen LogP contribution is 2.20. The molecular formula is C18H23N3O3S. The van der Waals surface area contributed by atoms with Crippen LogP contribution >= 0.6 is 0 Å². The number of aromatic nitrogens is 1. The van der Waals surface area contributed by atoms with Gasteiger partial charge in [-0.3, -0.25) is 14.5 Å². The van der Waals surface area contributed by atoms with Crippen molar-refractivity contribution in [3.63, 3.8) is 0 Å². The first kappa shape index (κ1) is 18.9. The van der Waals surface area contributed by atoms with Gasteiger partial charge in [-0.15, -0.1) is 0 Å². The smallest absolute Gasteiger partial charge is 0.262 e. The predicted octanol–water partition coefficient (Wildman–Crippen LogP) is 3.00. The molecule has 2 aromatic rings. The fourth-order valence-corrected chi connectivity index (χ4v) is 3.51. The molecule has 0 unspecified atom stereocenters. The van der Waals surface area contributed by atoms with Crippen LogP contribution in [-0.2, 0) is 10.0 Å². The van der Waals surface area contributed by atoms with Crippen molar-refractivity contribution in [3.8, 4) is 0 Å². The molecule has 1 heterocycles. The third-order valence-corrected chi connectivity index (χ3v) is 5.15. The summed E-state index contributed by atoms with van der Waals surface area (Å²) in [7, 11) is -2.21. The average Bonchev–Trinajstić information content (AvgIpc) is 2.59. The monoisotopic (exact) mass is 361 g/mol. The lowest BCUT2D eigenvalue weighted by Gasteiger charge is -2.20. The van der Waals surface area contributed by atoms with Gasteiger partial charge in [0.1, 0.15) is 4.90 Å². The van der Waals surface area contributed by atoms with Crippen LogP contribution in [0.5, 0.6) is 0 Å². The Hall–Kier alpha value is -2.41. The molecule has 2 rings (SSSR count). The van der Waals surface area contributed by atoms with Crippen molar-refractivity contribution in [3.05, 3.63) is 54.4 Å². The second-order valence-electron chi connectivity index (χ2n) is 6.25. The van der Waals surface area contributed by atoms with Crippen molar-refractivity contribution < 1.29 is 13.2 Å². The van der Waals surface area contributed by atoms with Crippen molar-refractivity contribution in [2.24, 2.45) is 5.92 Å². The SMILES string of the molecule is CC(C)CCN(C)C(=O)c1ccccc1S(=O)(=O)Nc1cccnc1. The van der Waals surface area contributed by atoms with E-state index in [-0.39, 0.29) is 16.4 Å². The van der Waals surface area contributed by atoms with Gasteiger partial charge in [0, 0.05) is 19.8 Å². The summed E-state index contributed by atoms with van der Waals surface area (Å²) in [6, 6.07) is 9.46. The second kappa shape index (κ2) is 8.11. The molecular weight excluding hydrogens is 338 g/mol. The minimum Gasteiger partial charge on any atom is -0.342 e. The van der Waals surface area contributed by atoms with Crippen LogP contribution in [0.1, 0.15) is 30.6 Å².